The van der Waals surface area contributed by atoms with Crippen LogP contribution in [0.2, 0.25) is 0 Å². The van der Waals surface area contributed by atoms with Gasteiger partial charge < -0.3 is 29.4 Å². The Bertz CT molecular complexity index is 2170. The Hall–Kier alpha value is -6.14. The Morgan fingerprint density at radius 2 is 1.42 bits per heavy atom. The van der Waals surface area contributed by atoms with Crippen molar-refractivity contribution in [1.29, 1.82) is 0 Å². The topological polar surface area (TPSA) is 126 Å². The summed E-state index contributed by atoms with van der Waals surface area (Å²) >= 11 is 0. The predicted octanol–water partition coefficient (Wildman–Crippen LogP) is 6.10. The summed E-state index contributed by atoms with van der Waals surface area (Å²) in [4.78, 5) is 60.8. The van der Waals surface area contributed by atoms with Crippen LogP contribution in [-0.2, 0) is 16.1 Å². The number of anilines is 1. The van der Waals surface area contributed by atoms with Crippen LogP contribution in [0.5, 0.6) is 11.5 Å². The van der Waals surface area contributed by atoms with E-state index in [1.807, 2.05) is 58.3 Å². The maximum atomic E-state index is 13.5. The van der Waals surface area contributed by atoms with Crippen molar-refractivity contribution in [3.63, 3.8) is 0 Å². The maximum Gasteiger partial charge on any atom is 0.320 e. The molecule has 4 aliphatic rings. The molecule has 3 saturated heterocycles. The average Bonchev–Trinajstić information content (AvgIpc) is 3.58. The molecule has 0 aliphatic carbocycles. The summed E-state index contributed by atoms with van der Waals surface area (Å²) in [6, 6.07) is 31.3. The van der Waals surface area contributed by atoms with Gasteiger partial charge in [0.05, 0.1) is 0 Å². The van der Waals surface area contributed by atoms with Crippen molar-refractivity contribution in [2.45, 2.75) is 46.2 Å². The molecule has 308 valence electrons. The maximum absolute atomic E-state index is 13.5. The van der Waals surface area contributed by atoms with E-state index in [1.165, 1.54) is 11.1 Å². The number of urea groups is 1. The number of allylic oxidation sites excluding steroid dienone is 1. The number of piperidine rings is 1. The van der Waals surface area contributed by atoms with Crippen molar-refractivity contribution in [2.24, 2.45) is 0 Å². The van der Waals surface area contributed by atoms with Crippen LogP contribution in [0.25, 0.3) is 11.1 Å². The first kappa shape index (κ1) is 41.0. The van der Waals surface area contributed by atoms with Crippen LogP contribution in [0.3, 0.4) is 0 Å². The molecule has 5 amide bonds. The fourth-order valence-electron chi connectivity index (χ4n) is 8.59. The molecule has 0 aromatic heterocycles. The van der Waals surface area contributed by atoms with E-state index in [0.29, 0.717) is 64.4 Å². The highest BCUT2D eigenvalue weighted by Gasteiger charge is 2.39. The van der Waals surface area contributed by atoms with E-state index >= 15 is 0 Å². The first-order chi connectivity index (χ1) is 28.2. The highest BCUT2D eigenvalue weighted by atomic mass is 16.5. The Balaban J connectivity index is 0.00000528. The first-order valence-corrected chi connectivity index (χ1v) is 20.4. The summed E-state index contributed by atoms with van der Waals surface area (Å²) in [6.45, 7) is 9.36. The normalized spacial score (nSPS) is 18.9. The number of rotatable bonds is 10. The summed E-state index contributed by atoms with van der Waals surface area (Å²) in [5.74, 6) is 0.165. The fourth-order valence-corrected chi connectivity index (χ4v) is 8.59. The molecule has 4 heterocycles. The number of carbonyl (C=O) groups is 4. The Morgan fingerprint density at radius 1 is 0.780 bits per heavy atom. The molecule has 0 bridgehead atoms. The highest BCUT2D eigenvalue weighted by molar-refractivity contribution is 6.05. The molecule has 1 unspecified atom stereocenters. The molecule has 12 heteroatoms. The van der Waals surface area contributed by atoms with Gasteiger partial charge in [-0.1, -0.05) is 68.9 Å². The second-order valence-corrected chi connectivity index (χ2v) is 15.3. The van der Waals surface area contributed by atoms with E-state index < -0.39 is 11.9 Å². The van der Waals surface area contributed by atoms with Crippen LogP contribution < -0.4 is 15.0 Å². The van der Waals surface area contributed by atoms with Crippen molar-refractivity contribution in [3.8, 4) is 11.5 Å². The third-order valence-electron chi connectivity index (χ3n) is 11.8. The van der Waals surface area contributed by atoms with Crippen LogP contribution >= 0.6 is 0 Å². The number of hydrogen-bond donors (Lipinski definition) is 2. The number of aromatic hydroxyl groups is 1. The van der Waals surface area contributed by atoms with Crippen molar-refractivity contribution in [3.05, 3.63) is 125 Å². The number of benzene rings is 4. The molecule has 0 spiro atoms. The molecule has 4 aromatic rings. The molecule has 2 N–H and O–H groups in total. The number of nitrogens with one attached hydrogen (secondary N) is 1. The van der Waals surface area contributed by atoms with Crippen molar-refractivity contribution >= 4 is 40.6 Å². The quantitative estimate of drug-likeness (QED) is 0.146. The zero-order valence-electron chi connectivity index (χ0n) is 32.9. The van der Waals surface area contributed by atoms with Gasteiger partial charge in [-0.2, -0.15) is 0 Å². The minimum atomic E-state index is -0.634. The van der Waals surface area contributed by atoms with Gasteiger partial charge in [0.2, 0.25) is 11.8 Å². The molecular formula is C47H54N6O6. The lowest BCUT2D eigenvalue weighted by molar-refractivity contribution is -0.136. The van der Waals surface area contributed by atoms with E-state index in [1.54, 1.807) is 17.0 Å². The van der Waals surface area contributed by atoms with Gasteiger partial charge in [0.1, 0.15) is 24.1 Å². The summed E-state index contributed by atoms with van der Waals surface area (Å²) in [6.07, 6.45) is 1.42. The molecule has 0 radical (unpaired) electrons. The third-order valence-corrected chi connectivity index (χ3v) is 11.8. The summed E-state index contributed by atoms with van der Waals surface area (Å²) < 4.78 is 6.19. The lowest BCUT2D eigenvalue weighted by atomic mass is 9.88. The number of phenolic OH excluding ortho intramolecular Hbond substituents is 1. The number of ether oxygens (including phenoxy) is 1. The molecule has 1 atom stereocenters. The van der Waals surface area contributed by atoms with E-state index in [4.69, 9.17) is 4.74 Å². The second-order valence-electron chi connectivity index (χ2n) is 15.3. The zero-order valence-corrected chi connectivity index (χ0v) is 32.9. The van der Waals surface area contributed by atoms with Crippen molar-refractivity contribution in [2.75, 3.05) is 70.4 Å². The number of amides is 5. The number of imide groups is 1. The molecule has 59 heavy (non-hydrogen) atoms. The van der Waals surface area contributed by atoms with Gasteiger partial charge in [-0.25, -0.2) is 4.79 Å². The smallest absolute Gasteiger partial charge is 0.320 e. The van der Waals surface area contributed by atoms with E-state index in [9.17, 15) is 24.3 Å². The van der Waals surface area contributed by atoms with Crippen LogP contribution in [-0.4, -0.2) is 120 Å². The van der Waals surface area contributed by atoms with Crippen molar-refractivity contribution < 1.29 is 29.0 Å². The molecule has 4 aliphatic heterocycles. The lowest BCUT2D eigenvalue weighted by Crippen LogP contribution is -2.57. The van der Waals surface area contributed by atoms with Gasteiger partial charge in [-0.3, -0.25) is 24.6 Å². The largest absolute Gasteiger partial charge is 0.508 e. The van der Waals surface area contributed by atoms with Crippen LogP contribution in [0.1, 0.15) is 66.2 Å². The van der Waals surface area contributed by atoms with Gasteiger partial charge in [0.15, 0.2) is 0 Å². The molecular weight excluding hydrogens is 745 g/mol. The Morgan fingerprint density at radius 3 is 2.07 bits per heavy atom. The number of nitrogens with zero attached hydrogens (tertiary/aromatic N) is 5. The Kier molecular flexibility index (Phi) is 12.7. The molecule has 12 nitrogen and oxygen atoms in total. The number of carbonyl (C=O) groups excluding carboxylic acids is 4. The predicted molar refractivity (Wildman–Crippen MR) is 229 cm³/mol. The standard InChI is InChI=1S/C46H50N6O6.CH4/c1-2-39(32-6-4-3-5-7-32)43(33-8-13-37(53)14-9-33)34-10-15-38(16-11-34)58-29-28-48-20-22-50(23-21-48)46(57)51-26-24-49(25-27-51)36-12-17-40-35(30-36)31-52(45(40)56)41-18-19-42(54)47-44(41)55;/h3-17,30,41,53H,2,18-29,31H2,1H3,(H,47,54,55);1H4/b43-39-;. The van der Waals surface area contributed by atoms with Gasteiger partial charge in [-0.05, 0) is 88.7 Å². The van der Waals surface area contributed by atoms with E-state index in [-0.39, 0.29) is 37.4 Å². The van der Waals surface area contributed by atoms with Gasteiger partial charge in [0.25, 0.3) is 5.91 Å². The molecule has 0 saturated carbocycles. The van der Waals surface area contributed by atoms with Crippen LogP contribution in [0, 0.1) is 0 Å². The minimum Gasteiger partial charge on any atom is -0.508 e. The van der Waals surface area contributed by atoms with Crippen LogP contribution in [0.4, 0.5) is 10.5 Å². The van der Waals surface area contributed by atoms with Gasteiger partial charge in [0, 0.05) is 83.1 Å². The fraction of sp³-hybridized carbons (Fsp3) is 0.362. The first-order valence-electron chi connectivity index (χ1n) is 20.4. The summed E-state index contributed by atoms with van der Waals surface area (Å²) in [5, 5.41) is 12.3. The SMILES string of the molecule is C.CC/C(=C(\c1ccc(O)cc1)c1ccc(OCCN2CCN(C(=O)N3CCN(c4ccc5c(c4)CN(C4CCC(=O)NC4=O)C5=O)CC3)CC2)cc1)c1ccccc1. The number of piperazine rings is 2. The minimum absolute atomic E-state index is 0. The lowest BCUT2D eigenvalue weighted by Gasteiger charge is -2.41. The molecule has 3 fully saturated rings. The van der Waals surface area contributed by atoms with Gasteiger partial charge >= 0.3 is 6.03 Å². The summed E-state index contributed by atoms with van der Waals surface area (Å²) in [5.41, 5.74) is 8.15. The zero-order chi connectivity index (χ0) is 40.2. The van der Waals surface area contributed by atoms with Crippen molar-refractivity contribution in [1.82, 2.24) is 24.9 Å². The highest BCUT2D eigenvalue weighted by Crippen LogP contribution is 2.36. The molecule has 8 rings (SSSR count). The second kappa shape index (κ2) is 18.2. The average molecular weight is 799 g/mol. The van der Waals surface area contributed by atoms with E-state index in [0.717, 1.165) is 59.8 Å². The number of hydrogen-bond acceptors (Lipinski definition) is 8. The summed E-state index contributed by atoms with van der Waals surface area (Å²) in [7, 11) is 0. The number of phenols is 1. The van der Waals surface area contributed by atoms with E-state index in [2.05, 4.69) is 58.4 Å². The number of fused-ring (bicyclic) bond motifs is 1. The molecule has 4 aromatic carbocycles. The third kappa shape index (κ3) is 8.97. The van der Waals surface area contributed by atoms with Gasteiger partial charge in [-0.15, -0.1) is 0 Å². The monoisotopic (exact) mass is 798 g/mol. The van der Waals surface area contributed by atoms with Crippen LogP contribution in [0.15, 0.2) is 97.1 Å². The Labute approximate surface area is 346 Å².